The zero-order valence-electron chi connectivity index (χ0n) is 6.54. The predicted molar refractivity (Wildman–Crippen MR) is 49.3 cm³/mol. The molecule has 0 nitrogen and oxygen atoms in total. The van der Waals surface area contributed by atoms with E-state index in [2.05, 4.69) is 60.2 Å². The summed E-state index contributed by atoms with van der Waals surface area (Å²) in [4.78, 5) is 0. The van der Waals surface area contributed by atoms with Crippen LogP contribution in [0, 0.1) is 0 Å². The Labute approximate surface area is 75.4 Å². The molecule has 11 heavy (non-hydrogen) atoms. The topological polar surface area (TPSA) is 0 Å². The Bertz CT molecular complexity index is 379. The molecule has 0 aromatic heterocycles. The Balaban J connectivity index is 2.83. The number of benzene rings is 2. The molecular weight excluding hydrogens is 127 g/mol. The molecule has 0 aliphatic carbocycles. The van der Waals surface area contributed by atoms with Gasteiger partial charge in [0.15, 0.2) is 0 Å². The van der Waals surface area contributed by atoms with Crippen molar-refractivity contribution in [3.05, 3.63) is 42.5 Å². The maximum atomic E-state index is 2.20. The van der Waals surface area contributed by atoms with Crippen molar-refractivity contribution in [2.24, 2.45) is 0 Å². The number of rotatable bonds is 0. The Morgan fingerprint density at radius 3 is 2.36 bits per heavy atom. The molecule has 2 aromatic rings. The first-order valence-electron chi connectivity index (χ1n) is 3.82. The molecule has 0 aliphatic heterocycles. The fraction of sp³-hybridized carbons (Fsp3) is 0. The third-order valence-corrected chi connectivity index (χ3v) is 1.90. The summed E-state index contributed by atoms with van der Waals surface area (Å²) in [6.45, 7) is 0. The maximum absolute atomic E-state index is 2.20. The summed E-state index contributed by atoms with van der Waals surface area (Å²) in [6, 6.07) is 14.9. The van der Waals surface area contributed by atoms with Crippen LogP contribution in [-0.2, 0) is 0 Å². The van der Waals surface area contributed by atoms with Gasteiger partial charge in [-0.25, -0.2) is 0 Å². The molecular formula is C10H7Li. The van der Waals surface area contributed by atoms with Crippen LogP contribution in [0.4, 0.5) is 0 Å². The van der Waals surface area contributed by atoms with E-state index in [0.29, 0.717) is 0 Å². The van der Waals surface area contributed by atoms with Crippen LogP contribution in [0.3, 0.4) is 0 Å². The second kappa shape index (κ2) is 2.74. The van der Waals surface area contributed by atoms with E-state index >= 15 is 0 Å². The first-order valence-corrected chi connectivity index (χ1v) is 3.82. The van der Waals surface area contributed by atoms with Crippen LogP contribution in [0.2, 0.25) is 0 Å². The molecule has 0 radical (unpaired) electrons. The summed E-state index contributed by atoms with van der Waals surface area (Å²) in [5, 5.41) is 2.64. The van der Waals surface area contributed by atoms with Crippen molar-refractivity contribution in [2.75, 3.05) is 0 Å². The molecule has 0 unspecified atom stereocenters. The normalized spacial score (nSPS) is 10.4. The predicted octanol–water partition coefficient (Wildman–Crippen LogP) is 1.63. The van der Waals surface area contributed by atoms with Crippen molar-refractivity contribution in [3.8, 4) is 0 Å². The summed E-state index contributed by atoms with van der Waals surface area (Å²) in [7, 11) is 0. The Morgan fingerprint density at radius 2 is 1.55 bits per heavy atom. The van der Waals surface area contributed by atoms with Crippen LogP contribution >= 0.6 is 0 Å². The average molecular weight is 134 g/mol. The fourth-order valence-corrected chi connectivity index (χ4v) is 1.31. The van der Waals surface area contributed by atoms with Gasteiger partial charge in [-0.1, -0.05) is 0 Å². The third-order valence-electron chi connectivity index (χ3n) is 1.90. The van der Waals surface area contributed by atoms with Gasteiger partial charge in [0.05, 0.1) is 0 Å². The van der Waals surface area contributed by atoms with E-state index < -0.39 is 0 Å². The van der Waals surface area contributed by atoms with Crippen LogP contribution < -0.4 is 4.24 Å². The van der Waals surface area contributed by atoms with E-state index in [9.17, 15) is 0 Å². The molecule has 0 atom stereocenters. The first-order chi connectivity index (χ1) is 5.36. The summed E-state index contributed by atoms with van der Waals surface area (Å²) in [6.07, 6.45) is 0. The summed E-state index contributed by atoms with van der Waals surface area (Å²) >= 11 is 2.12. The first kappa shape index (κ1) is 6.97. The zero-order chi connectivity index (χ0) is 7.68. The van der Waals surface area contributed by atoms with Crippen LogP contribution in [0.15, 0.2) is 42.5 Å². The van der Waals surface area contributed by atoms with Crippen LogP contribution in [0.5, 0.6) is 0 Å². The number of hydrogen-bond acceptors (Lipinski definition) is 0. The van der Waals surface area contributed by atoms with Gasteiger partial charge in [0.2, 0.25) is 0 Å². The van der Waals surface area contributed by atoms with Gasteiger partial charge in [0.1, 0.15) is 0 Å². The van der Waals surface area contributed by atoms with Gasteiger partial charge in [-0.15, -0.1) is 0 Å². The Kier molecular flexibility index (Phi) is 1.73. The van der Waals surface area contributed by atoms with Crippen molar-refractivity contribution in [3.63, 3.8) is 0 Å². The van der Waals surface area contributed by atoms with Gasteiger partial charge >= 0.3 is 75.2 Å². The molecule has 0 amide bonds. The van der Waals surface area contributed by atoms with E-state index in [1.54, 1.807) is 0 Å². The van der Waals surface area contributed by atoms with Crippen molar-refractivity contribution < 1.29 is 0 Å². The van der Waals surface area contributed by atoms with E-state index in [0.717, 1.165) is 0 Å². The molecule has 48 valence electrons. The molecule has 2 rings (SSSR count). The number of fused-ring (bicyclic) bond motifs is 1. The minimum atomic E-state index is 1.32. The van der Waals surface area contributed by atoms with Crippen molar-refractivity contribution in [2.45, 2.75) is 0 Å². The van der Waals surface area contributed by atoms with Crippen molar-refractivity contribution in [1.29, 1.82) is 0 Å². The van der Waals surface area contributed by atoms with Crippen LogP contribution in [-0.4, -0.2) is 17.7 Å². The zero-order valence-corrected chi connectivity index (χ0v) is 6.54. The average Bonchev–Trinajstić information content (AvgIpc) is 2.04. The molecule has 0 spiro atoms. The van der Waals surface area contributed by atoms with E-state index in [-0.39, 0.29) is 0 Å². The minimum absolute atomic E-state index is 1.32. The standard InChI is InChI=1S/C10H7.Li/c1-2-6-10-8-4-3-7-9(10)5-1;/h1-3,5-8H;. The fourth-order valence-electron chi connectivity index (χ4n) is 1.31. The van der Waals surface area contributed by atoms with Gasteiger partial charge in [0.25, 0.3) is 0 Å². The summed E-state index contributed by atoms with van der Waals surface area (Å²) in [5.41, 5.74) is 0. The third kappa shape index (κ3) is 1.33. The molecule has 0 fully saturated rings. The van der Waals surface area contributed by atoms with E-state index in [1.165, 1.54) is 15.0 Å². The van der Waals surface area contributed by atoms with Gasteiger partial charge in [-0.3, -0.25) is 0 Å². The van der Waals surface area contributed by atoms with Gasteiger partial charge < -0.3 is 0 Å². The second-order valence-corrected chi connectivity index (χ2v) is 2.85. The van der Waals surface area contributed by atoms with Crippen LogP contribution in [0.25, 0.3) is 10.8 Å². The molecule has 1 heteroatoms. The monoisotopic (exact) mass is 134 g/mol. The Morgan fingerprint density at radius 1 is 0.818 bits per heavy atom. The molecule has 0 saturated carbocycles. The van der Waals surface area contributed by atoms with E-state index in [1.807, 2.05) is 0 Å². The second-order valence-electron chi connectivity index (χ2n) is 2.85. The Hall–Kier alpha value is -0.703. The van der Waals surface area contributed by atoms with Gasteiger partial charge in [0, 0.05) is 0 Å². The molecule has 0 heterocycles. The quantitative estimate of drug-likeness (QED) is 0.480. The van der Waals surface area contributed by atoms with Gasteiger partial charge in [-0.2, -0.15) is 0 Å². The molecule has 0 bridgehead atoms. The van der Waals surface area contributed by atoms with Crippen molar-refractivity contribution >= 4 is 32.7 Å². The summed E-state index contributed by atoms with van der Waals surface area (Å²) < 4.78 is 1.32. The molecule has 0 N–H and O–H groups in total. The van der Waals surface area contributed by atoms with Gasteiger partial charge in [-0.05, 0) is 0 Å². The van der Waals surface area contributed by atoms with Crippen molar-refractivity contribution in [1.82, 2.24) is 0 Å². The molecule has 0 aliphatic rings. The number of hydrogen-bond donors (Lipinski definition) is 0. The molecule has 0 saturated heterocycles. The van der Waals surface area contributed by atoms with E-state index in [4.69, 9.17) is 0 Å². The molecule has 2 aromatic carbocycles. The SMILES string of the molecule is [Li][c]1ccc2ccccc2c1. The van der Waals surface area contributed by atoms with Crippen LogP contribution in [0.1, 0.15) is 0 Å². The summed E-state index contributed by atoms with van der Waals surface area (Å²) in [5.74, 6) is 0.